The molecule has 43 heavy (non-hydrogen) atoms. The first-order valence-corrected chi connectivity index (χ1v) is 20.5. The average Bonchev–Trinajstić information content (AvgIpc) is 3.01. The normalized spacial score (nSPS) is 11.4. The van der Waals surface area contributed by atoms with Gasteiger partial charge in [0.2, 0.25) is 0 Å². The predicted molar refractivity (Wildman–Crippen MR) is 193 cm³/mol. The predicted octanol–water partition coefficient (Wildman–Crippen LogP) is 15.0. The summed E-state index contributed by atoms with van der Waals surface area (Å²) < 4.78 is 5.46. The summed E-state index contributed by atoms with van der Waals surface area (Å²) in [6.45, 7) is 5.23. The Morgan fingerprint density at radius 2 is 0.512 bits per heavy atom. The van der Waals surface area contributed by atoms with Gasteiger partial charge in [-0.1, -0.05) is 232 Å². The van der Waals surface area contributed by atoms with Crippen molar-refractivity contribution in [2.24, 2.45) is 0 Å². The zero-order valence-electron chi connectivity index (χ0n) is 30.2. The SMILES string of the molecule is CCCCCCCCCCCCCCCCCCCCCCC(=O)OCCCCCCCCCCCCCCCCCC. The summed E-state index contributed by atoms with van der Waals surface area (Å²) in [6.07, 6.45) is 50.5. The van der Waals surface area contributed by atoms with E-state index >= 15 is 0 Å². The van der Waals surface area contributed by atoms with Crippen molar-refractivity contribution < 1.29 is 9.53 Å². The van der Waals surface area contributed by atoms with Crippen molar-refractivity contribution in [2.75, 3.05) is 6.61 Å². The lowest BCUT2D eigenvalue weighted by molar-refractivity contribution is -0.143. The van der Waals surface area contributed by atoms with Crippen LogP contribution in [0.5, 0.6) is 0 Å². The summed E-state index contributed by atoms with van der Waals surface area (Å²) >= 11 is 0. The van der Waals surface area contributed by atoms with Gasteiger partial charge >= 0.3 is 5.97 Å². The lowest BCUT2D eigenvalue weighted by atomic mass is 10.0. The second-order valence-corrected chi connectivity index (χ2v) is 14.0. The van der Waals surface area contributed by atoms with Crippen LogP contribution in [0.25, 0.3) is 0 Å². The van der Waals surface area contributed by atoms with E-state index in [1.165, 1.54) is 218 Å². The molecule has 0 amide bonds. The van der Waals surface area contributed by atoms with E-state index in [2.05, 4.69) is 13.8 Å². The van der Waals surface area contributed by atoms with E-state index in [0.29, 0.717) is 13.0 Å². The summed E-state index contributed by atoms with van der Waals surface area (Å²) in [5, 5.41) is 0. The zero-order valence-corrected chi connectivity index (χ0v) is 30.2. The highest BCUT2D eigenvalue weighted by Crippen LogP contribution is 2.16. The smallest absolute Gasteiger partial charge is 0.305 e. The molecule has 0 saturated carbocycles. The fourth-order valence-corrected chi connectivity index (χ4v) is 6.43. The van der Waals surface area contributed by atoms with E-state index < -0.39 is 0 Å². The van der Waals surface area contributed by atoms with E-state index in [0.717, 1.165) is 12.8 Å². The van der Waals surface area contributed by atoms with E-state index in [-0.39, 0.29) is 5.97 Å². The Balaban J connectivity index is 3.14. The quantitative estimate of drug-likeness (QED) is 0.0516. The maximum absolute atomic E-state index is 12.0. The molecule has 2 heteroatoms. The monoisotopic (exact) mass is 607 g/mol. The van der Waals surface area contributed by atoms with Gasteiger partial charge in [-0.15, -0.1) is 0 Å². The molecular weight excluding hydrogens is 524 g/mol. The number of hydrogen-bond donors (Lipinski definition) is 0. The lowest BCUT2D eigenvalue weighted by Crippen LogP contribution is -2.05. The van der Waals surface area contributed by atoms with Gasteiger partial charge in [-0.3, -0.25) is 4.79 Å². The first kappa shape index (κ1) is 42.5. The minimum Gasteiger partial charge on any atom is -0.466 e. The van der Waals surface area contributed by atoms with Gasteiger partial charge in [0.25, 0.3) is 0 Å². The maximum atomic E-state index is 12.0. The van der Waals surface area contributed by atoms with Crippen molar-refractivity contribution in [1.29, 1.82) is 0 Å². The highest BCUT2D eigenvalue weighted by molar-refractivity contribution is 5.69. The van der Waals surface area contributed by atoms with Crippen molar-refractivity contribution in [2.45, 2.75) is 251 Å². The molecule has 0 aliphatic rings. The average molecular weight is 607 g/mol. The third-order valence-corrected chi connectivity index (χ3v) is 9.50. The molecule has 0 aliphatic carbocycles. The van der Waals surface area contributed by atoms with Gasteiger partial charge in [0, 0.05) is 6.42 Å². The van der Waals surface area contributed by atoms with Gasteiger partial charge in [0.05, 0.1) is 6.61 Å². The topological polar surface area (TPSA) is 26.3 Å². The fourth-order valence-electron chi connectivity index (χ4n) is 6.43. The Morgan fingerprint density at radius 3 is 0.767 bits per heavy atom. The number of carbonyl (C=O) groups excluding carboxylic acids is 1. The van der Waals surface area contributed by atoms with Crippen LogP contribution in [0.1, 0.15) is 251 Å². The molecule has 0 aromatic rings. The Morgan fingerprint density at radius 1 is 0.302 bits per heavy atom. The standard InChI is InChI=1S/C41H82O2/c1-3-5-7-9-11-13-15-17-19-21-22-23-24-25-27-29-31-33-35-37-39-41(42)43-40-38-36-34-32-30-28-26-20-18-16-14-12-10-8-6-4-2/h3-40H2,1-2H3. The molecule has 0 aromatic carbocycles. The summed E-state index contributed by atoms with van der Waals surface area (Å²) in [6, 6.07) is 0. The fraction of sp³-hybridized carbons (Fsp3) is 0.976. The largest absolute Gasteiger partial charge is 0.466 e. The molecule has 0 radical (unpaired) electrons. The van der Waals surface area contributed by atoms with Crippen molar-refractivity contribution in [1.82, 2.24) is 0 Å². The van der Waals surface area contributed by atoms with Crippen LogP contribution in [-0.4, -0.2) is 12.6 Å². The van der Waals surface area contributed by atoms with Gasteiger partial charge in [0.15, 0.2) is 0 Å². The summed E-state index contributed by atoms with van der Waals surface area (Å²) in [5.74, 6) is 0.0309. The summed E-state index contributed by atoms with van der Waals surface area (Å²) in [4.78, 5) is 12.0. The van der Waals surface area contributed by atoms with Crippen molar-refractivity contribution in [3.8, 4) is 0 Å². The van der Waals surface area contributed by atoms with Gasteiger partial charge in [-0.2, -0.15) is 0 Å². The van der Waals surface area contributed by atoms with Crippen LogP contribution in [0, 0.1) is 0 Å². The van der Waals surface area contributed by atoms with E-state index in [9.17, 15) is 4.79 Å². The third kappa shape index (κ3) is 39.4. The minimum atomic E-state index is 0.0309. The maximum Gasteiger partial charge on any atom is 0.305 e. The van der Waals surface area contributed by atoms with Crippen molar-refractivity contribution in [3.63, 3.8) is 0 Å². The zero-order chi connectivity index (χ0) is 31.2. The van der Waals surface area contributed by atoms with Crippen LogP contribution in [-0.2, 0) is 9.53 Å². The molecule has 0 bridgehead atoms. The Labute approximate surface area is 273 Å². The Kier molecular flexibility index (Phi) is 39.0. The second-order valence-electron chi connectivity index (χ2n) is 14.0. The second kappa shape index (κ2) is 39.5. The van der Waals surface area contributed by atoms with E-state index in [4.69, 9.17) is 4.74 Å². The van der Waals surface area contributed by atoms with Crippen LogP contribution < -0.4 is 0 Å². The Bertz CT molecular complexity index is 502. The molecule has 0 unspecified atom stereocenters. The number of unbranched alkanes of at least 4 members (excludes halogenated alkanes) is 34. The van der Waals surface area contributed by atoms with Gasteiger partial charge < -0.3 is 4.74 Å². The van der Waals surface area contributed by atoms with E-state index in [1.54, 1.807) is 0 Å². The highest BCUT2D eigenvalue weighted by atomic mass is 16.5. The molecular formula is C41H82O2. The van der Waals surface area contributed by atoms with Crippen LogP contribution >= 0.6 is 0 Å². The molecule has 0 spiro atoms. The first-order chi connectivity index (χ1) is 21.3. The van der Waals surface area contributed by atoms with E-state index in [1.807, 2.05) is 0 Å². The Hall–Kier alpha value is -0.530. The molecule has 2 nitrogen and oxygen atoms in total. The molecule has 0 rings (SSSR count). The highest BCUT2D eigenvalue weighted by Gasteiger charge is 2.03. The number of esters is 1. The molecule has 0 aromatic heterocycles. The van der Waals surface area contributed by atoms with Crippen molar-refractivity contribution >= 4 is 5.97 Å². The molecule has 0 N–H and O–H groups in total. The molecule has 0 saturated heterocycles. The van der Waals surface area contributed by atoms with Gasteiger partial charge in [0.1, 0.15) is 0 Å². The number of ether oxygens (including phenoxy) is 1. The summed E-state index contributed by atoms with van der Waals surface area (Å²) in [5.41, 5.74) is 0. The molecule has 0 fully saturated rings. The van der Waals surface area contributed by atoms with Crippen LogP contribution in [0.15, 0.2) is 0 Å². The van der Waals surface area contributed by atoms with Crippen LogP contribution in [0.4, 0.5) is 0 Å². The van der Waals surface area contributed by atoms with Crippen LogP contribution in [0.3, 0.4) is 0 Å². The number of hydrogen-bond acceptors (Lipinski definition) is 2. The number of carbonyl (C=O) groups is 1. The molecule has 0 atom stereocenters. The number of rotatable bonds is 38. The molecule has 0 aliphatic heterocycles. The van der Waals surface area contributed by atoms with Crippen LogP contribution in [0.2, 0.25) is 0 Å². The third-order valence-electron chi connectivity index (χ3n) is 9.50. The lowest BCUT2D eigenvalue weighted by Gasteiger charge is -2.06. The van der Waals surface area contributed by atoms with Gasteiger partial charge in [-0.25, -0.2) is 0 Å². The van der Waals surface area contributed by atoms with Crippen molar-refractivity contribution in [3.05, 3.63) is 0 Å². The van der Waals surface area contributed by atoms with Gasteiger partial charge in [-0.05, 0) is 12.8 Å². The molecule has 0 heterocycles. The minimum absolute atomic E-state index is 0.0309. The summed E-state index contributed by atoms with van der Waals surface area (Å²) in [7, 11) is 0. The molecule has 258 valence electrons. The first-order valence-electron chi connectivity index (χ1n) is 20.5.